The Kier molecular flexibility index (Phi) is 5.40. The van der Waals surface area contributed by atoms with Crippen molar-refractivity contribution in [1.82, 2.24) is 0 Å². The summed E-state index contributed by atoms with van der Waals surface area (Å²) in [5.41, 5.74) is 1.41. The van der Waals surface area contributed by atoms with Crippen molar-refractivity contribution < 1.29 is 18.3 Å². The number of hydrogen-bond donors (Lipinski definition) is 2. The minimum Gasteiger partial charge on any atom is -0.396 e. The highest BCUT2D eigenvalue weighted by atomic mass is 32.2. The number of hydrogen-bond acceptors (Lipinski definition) is 4. The molecule has 2 N–H and O–H groups in total. The van der Waals surface area contributed by atoms with Crippen molar-refractivity contribution >= 4 is 15.7 Å². The van der Waals surface area contributed by atoms with Gasteiger partial charge in [0, 0.05) is 19.4 Å². The van der Waals surface area contributed by atoms with E-state index in [4.69, 9.17) is 9.84 Å². The fraction of sp³-hybridized carbons (Fsp3) is 0.455. The number of methoxy groups -OCH3 is 1. The van der Waals surface area contributed by atoms with Crippen LogP contribution in [0.1, 0.15) is 12.0 Å². The number of aliphatic hydroxyl groups is 1. The summed E-state index contributed by atoms with van der Waals surface area (Å²) in [5.74, 6) is -0.0853. The fourth-order valence-electron chi connectivity index (χ4n) is 1.38. The van der Waals surface area contributed by atoms with Crippen LogP contribution in [0, 0.1) is 0 Å². The molecule has 0 spiro atoms. The molecule has 0 fully saturated rings. The zero-order valence-corrected chi connectivity index (χ0v) is 10.5. The second kappa shape index (κ2) is 6.58. The zero-order chi connectivity index (χ0) is 12.7. The Hall–Kier alpha value is -1.11. The number of sulfonamides is 1. The van der Waals surface area contributed by atoms with Crippen LogP contribution < -0.4 is 4.72 Å². The van der Waals surface area contributed by atoms with Crippen LogP contribution in [0.2, 0.25) is 0 Å². The molecule has 6 heteroatoms. The van der Waals surface area contributed by atoms with Gasteiger partial charge in [0.25, 0.3) is 0 Å². The summed E-state index contributed by atoms with van der Waals surface area (Å²) in [6, 6.07) is 7.02. The molecule has 0 aliphatic carbocycles. The van der Waals surface area contributed by atoms with E-state index < -0.39 is 10.0 Å². The van der Waals surface area contributed by atoms with Crippen molar-refractivity contribution in [2.75, 3.05) is 24.2 Å². The first kappa shape index (κ1) is 14.0. The van der Waals surface area contributed by atoms with Gasteiger partial charge in [0.1, 0.15) is 0 Å². The van der Waals surface area contributed by atoms with E-state index in [0.29, 0.717) is 12.3 Å². The lowest BCUT2D eigenvalue weighted by Gasteiger charge is -2.08. The molecule has 1 aromatic rings. The van der Waals surface area contributed by atoms with E-state index in [9.17, 15) is 8.42 Å². The predicted octanol–water partition coefficient (Wildman–Crippen LogP) is 0.957. The van der Waals surface area contributed by atoms with Gasteiger partial charge in [-0.3, -0.25) is 4.72 Å². The molecular weight excluding hydrogens is 242 g/mol. The lowest BCUT2D eigenvalue weighted by molar-refractivity contribution is 0.185. The monoisotopic (exact) mass is 259 g/mol. The molecule has 0 amide bonds. The summed E-state index contributed by atoms with van der Waals surface area (Å²) in [5, 5.41) is 8.60. The Morgan fingerprint density at radius 3 is 2.82 bits per heavy atom. The summed E-state index contributed by atoms with van der Waals surface area (Å²) in [6.07, 6.45) is 0.229. The van der Waals surface area contributed by atoms with Crippen LogP contribution in [0.15, 0.2) is 24.3 Å². The second-order valence-electron chi connectivity index (χ2n) is 3.63. The maximum atomic E-state index is 11.6. The second-order valence-corrected chi connectivity index (χ2v) is 5.47. The van der Waals surface area contributed by atoms with Crippen molar-refractivity contribution in [3.8, 4) is 0 Å². The molecule has 0 saturated heterocycles. The summed E-state index contributed by atoms with van der Waals surface area (Å²) < 4.78 is 30.6. The third-order valence-electron chi connectivity index (χ3n) is 2.08. The van der Waals surface area contributed by atoms with Gasteiger partial charge in [0.2, 0.25) is 10.0 Å². The normalized spacial score (nSPS) is 11.4. The lowest BCUT2D eigenvalue weighted by atomic mass is 10.2. The number of benzene rings is 1. The third kappa shape index (κ3) is 5.16. The Morgan fingerprint density at radius 2 is 2.18 bits per heavy atom. The zero-order valence-electron chi connectivity index (χ0n) is 9.72. The summed E-state index contributed by atoms with van der Waals surface area (Å²) in [6.45, 7) is 0.302. The molecule has 96 valence electrons. The van der Waals surface area contributed by atoms with Crippen molar-refractivity contribution in [2.24, 2.45) is 0 Å². The smallest absolute Gasteiger partial charge is 0.232 e. The van der Waals surface area contributed by atoms with Crippen LogP contribution in [0.3, 0.4) is 0 Å². The molecule has 0 saturated carbocycles. The molecule has 0 aliphatic heterocycles. The highest BCUT2D eigenvalue weighted by molar-refractivity contribution is 7.92. The largest absolute Gasteiger partial charge is 0.396 e. The van der Waals surface area contributed by atoms with Gasteiger partial charge in [-0.2, -0.15) is 0 Å². The van der Waals surface area contributed by atoms with Gasteiger partial charge in [-0.15, -0.1) is 0 Å². The molecule has 0 aromatic heterocycles. The molecule has 0 unspecified atom stereocenters. The maximum Gasteiger partial charge on any atom is 0.232 e. The van der Waals surface area contributed by atoms with Crippen molar-refractivity contribution in [1.29, 1.82) is 0 Å². The number of anilines is 1. The first-order valence-corrected chi connectivity index (χ1v) is 6.92. The minimum absolute atomic E-state index is 0.0853. The Labute approximate surface area is 101 Å². The van der Waals surface area contributed by atoms with Gasteiger partial charge in [-0.1, -0.05) is 12.1 Å². The van der Waals surface area contributed by atoms with E-state index in [-0.39, 0.29) is 18.8 Å². The Balaban J connectivity index is 2.70. The van der Waals surface area contributed by atoms with Crippen LogP contribution in [0.25, 0.3) is 0 Å². The number of ether oxygens (including phenoxy) is 1. The van der Waals surface area contributed by atoms with Crippen molar-refractivity contribution in [2.45, 2.75) is 13.0 Å². The third-order valence-corrected chi connectivity index (χ3v) is 3.46. The van der Waals surface area contributed by atoms with Crippen LogP contribution in [-0.2, 0) is 21.4 Å². The van der Waals surface area contributed by atoms with Gasteiger partial charge in [0.15, 0.2) is 0 Å². The summed E-state index contributed by atoms with van der Waals surface area (Å²) in [7, 11) is -1.80. The molecular formula is C11H17NO4S. The molecule has 0 bridgehead atoms. The topological polar surface area (TPSA) is 75.6 Å². The summed E-state index contributed by atoms with van der Waals surface area (Å²) >= 11 is 0. The Bertz CT molecular complexity index is 445. The number of aliphatic hydroxyl groups excluding tert-OH is 1. The number of rotatable bonds is 7. The quantitative estimate of drug-likeness (QED) is 0.764. The van der Waals surface area contributed by atoms with E-state index in [2.05, 4.69) is 4.72 Å². The first-order chi connectivity index (χ1) is 8.07. The Morgan fingerprint density at radius 1 is 1.41 bits per heavy atom. The van der Waals surface area contributed by atoms with Gasteiger partial charge in [-0.05, 0) is 24.1 Å². The standard InChI is InChI=1S/C11H17NO4S/c1-16-9-10-4-2-5-11(8-10)12-17(14,15)7-3-6-13/h2,4-5,8,12-13H,3,6-7,9H2,1H3. The average molecular weight is 259 g/mol. The molecule has 5 nitrogen and oxygen atoms in total. The van der Waals surface area contributed by atoms with Crippen molar-refractivity contribution in [3.63, 3.8) is 0 Å². The summed E-state index contributed by atoms with van der Waals surface area (Å²) in [4.78, 5) is 0. The highest BCUT2D eigenvalue weighted by Crippen LogP contribution is 2.13. The van der Waals surface area contributed by atoms with Gasteiger partial charge in [-0.25, -0.2) is 8.42 Å². The fourth-order valence-corrected chi connectivity index (χ4v) is 2.47. The minimum atomic E-state index is -3.38. The average Bonchev–Trinajstić information content (AvgIpc) is 2.27. The maximum absolute atomic E-state index is 11.6. The van der Waals surface area contributed by atoms with Crippen LogP contribution >= 0.6 is 0 Å². The van der Waals surface area contributed by atoms with Crippen LogP contribution in [0.4, 0.5) is 5.69 Å². The molecule has 0 atom stereocenters. The van der Waals surface area contributed by atoms with Crippen molar-refractivity contribution in [3.05, 3.63) is 29.8 Å². The molecule has 0 aliphatic rings. The van der Waals surface area contributed by atoms with Gasteiger partial charge < -0.3 is 9.84 Å². The molecule has 1 aromatic carbocycles. The van der Waals surface area contributed by atoms with E-state index in [1.54, 1.807) is 25.3 Å². The van der Waals surface area contributed by atoms with E-state index in [1.165, 1.54) is 0 Å². The first-order valence-electron chi connectivity index (χ1n) is 5.26. The molecule has 0 heterocycles. The molecule has 0 radical (unpaired) electrons. The molecule has 1 rings (SSSR count). The van der Waals surface area contributed by atoms with Gasteiger partial charge >= 0.3 is 0 Å². The highest BCUT2D eigenvalue weighted by Gasteiger charge is 2.09. The van der Waals surface area contributed by atoms with Gasteiger partial charge in [0.05, 0.1) is 12.4 Å². The SMILES string of the molecule is COCc1cccc(NS(=O)(=O)CCCO)c1. The van der Waals surface area contributed by atoms with E-state index in [0.717, 1.165) is 5.56 Å². The van der Waals surface area contributed by atoms with Crippen LogP contribution in [0.5, 0.6) is 0 Å². The predicted molar refractivity (Wildman–Crippen MR) is 66.3 cm³/mol. The molecule has 17 heavy (non-hydrogen) atoms. The van der Waals surface area contributed by atoms with E-state index in [1.807, 2.05) is 6.07 Å². The van der Waals surface area contributed by atoms with Crippen LogP contribution in [-0.4, -0.2) is 33.0 Å². The lowest BCUT2D eigenvalue weighted by Crippen LogP contribution is -2.17. The van der Waals surface area contributed by atoms with E-state index >= 15 is 0 Å². The number of nitrogens with one attached hydrogen (secondary N) is 1.